The van der Waals surface area contributed by atoms with E-state index in [0.717, 1.165) is 11.3 Å². The Balaban J connectivity index is 1.96. The van der Waals surface area contributed by atoms with E-state index in [2.05, 4.69) is 15.0 Å². The van der Waals surface area contributed by atoms with Crippen LogP contribution in [0.4, 0.5) is 0 Å². The number of nitrogens with one attached hydrogen (secondary N) is 1. The summed E-state index contributed by atoms with van der Waals surface area (Å²) in [7, 11) is 0. The molecular weight excluding hydrogens is 244 g/mol. The van der Waals surface area contributed by atoms with E-state index in [1.807, 2.05) is 19.1 Å². The highest BCUT2D eigenvalue weighted by Gasteiger charge is 2.12. The Labute approximate surface area is 111 Å². The van der Waals surface area contributed by atoms with E-state index in [4.69, 9.17) is 5.11 Å². The predicted molar refractivity (Wildman–Crippen MR) is 71.5 cm³/mol. The first-order valence-electron chi connectivity index (χ1n) is 6.42. The van der Waals surface area contributed by atoms with Crippen molar-refractivity contribution < 1.29 is 9.90 Å². The molecule has 2 aromatic heterocycles. The average Bonchev–Trinajstić information content (AvgIpc) is 2.85. The van der Waals surface area contributed by atoms with Crippen molar-refractivity contribution in [3.05, 3.63) is 24.2 Å². The number of carbonyl (C=O) groups excluding carboxylic acids is 1. The number of aryl methyl sites for hydroxylation is 1. The Morgan fingerprint density at radius 2 is 2.37 bits per heavy atom. The number of aromatic amines is 1. The van der Waals surface area contributed by atoms with E-state index in [1.165, 1.54) is 0 Å². The van der Waals surface area contributed by atoms with Gasteiger partial charge in [0.25, 0.3) is 0 Å². The second-order valence-corrected chi connectivity index (χ2v) is 4.26. The van der Waals surface area contributed by atoms with Crippen LogP contribution in [0.15, 0.2) is 18.3 Å². The molecule has 2 rings (SSSR count). The zero-order valence-electron chi connectivity index (χ0n) is 11.0. The lowest BCUT2D eigenvalue weighted by Gasteiger charge is -2.19. The third kappa shape index (κ3) is 3.29. The highest BCUT2D eigenvalue weighted by atomic mass is 16.3. The van der Waals surface area contributed by atoms with E-state index in [9.17, 15) is 4.79 Å². The molecular formula is C13H18N4O2. The van der Waals surface area contributed by atoms with Crippen molar-refractivity contribution in [1.29, 1.82) is 0 Å². The average molecular weight is 262 g/mol. The van der Waals surface area contributed by atoms with Crippen LogP contribution in [0, 0.1) is 0 Å². The number of hydrogen-bond acceptors (Lipinski definition) is 4. The van der Waals surface area contributed by atoms with Gasteiger partial charge in [0.1, 0.15) is 5.82 Å². The number of likely N-dealkylation sites (N-methyl/N-ethyl adjacent to an activating group) is 1. The molecule has 102 valence electrons. The second-order valence-electron chi connectivity index (χ2n) is 4.26. The number of carbonyl (C=O) groups is 1. The second kappa shape index (κ2) is 6.29. The number of imidazole rings is 1. The molecule has 0 aromatic carbocycles. The number of aromatic nitrogens is 3. The van der Waals surface area contributed by atoms with Gasteiger partial charge in [0.15, 0.2) is 5.65 Å². The summed E-state index contributed by atoms with van der Waals surface area (Å²) in [6, 6.07) is 3.75. The molecule has 2 N–H and O–H groups in total. The van der Waals surface area contributed by atoms with E-state index >= 15 is 0 Å². The summed E-state index contributed by atoms with van der Waals surface area (Å²) in [6.07, 6.45) is 2.63. The Bertz CT molecular complexity index is 519. The van der Waals surface area contributed by atoms with Crippen LogP contribution in [0.25, 0.3) is 11.2 Å². The molecule has 0 bridgehead atoms. The number of pyridine rings is 1. The molecule has 2 aromatic rings. The highest BCUT2D eigenvalue weighted by Crippen LogP contribution is 2.09. The highest BCUT2D eigenvalue weighted by molar-refractivity contribution is 5.76. The van der Waals surface area contributed by atoms with E-state index in [-0.39, 0.29) is 12.5 Å². The molecule has 0 aliphatic rings. The molecule has 6 heteroatoms. The number of hydrogen-bond donors (Lipinski definition) is 2. The number of H-pyrrole nitrogens is 1. The monoisotopic (exact) mass is 262 g/mol. The maximum Gasteiger partial charge on any atom is 0.223 e. The third-order valence-corrected chi connectivity index (χ3v) is 2.99. The smallest absolute Gasteiger partial charge is 0.223 e. The lowest BCUT2D eigenvalue weighted by atomic mass is 10.2. The molecule has 0 fully saturated rings. The number of aliphatic hydroxyl groups excluding tert-OH is 1. The number of nitrogens with zero attached hydrogens (tertiary/aromatic N) is 3. The molecule has 0 unspecified atom stereocenters. The van der Waals surface area contributed by atoms with Gasteiger partial charge in [-0.3, -0.25) is 4.79 Å². The van der Waals surface area contributed by atoms with Gasteiger partial charge in [0.2, 0.25) is 5.91 Å². The molecule has 1 amide bonds. The molecule has 0 saturated heterocycles. The first-order valence-corrected chi connectivity index (χ1v) is 6.42. The first kappa shape index (κ1) is 13.5. The van der Waals surface area contributed by atoms with Crippen molar-refractivity contribution in [3.8, 4) is 0 Å². The van der Waals surface area contributed by atoms with Gasteiger partial charge in [-0.2, -0.15) is 0 Å². The summed E-state index contributed by atoms with van der Waals surface area (Å²) in [5, 5.41) is 8.88. The van der Waals surface area contributed by atoms with Gasteiger partial charge in [0.05, 0.1) is 12.1 Å². The molecule has 19 heavy (non-hydrogen) atoms. The SMILES string of the molecule is CCN(CCO)C(=O)CCc1nc2ncccc2[nH]1. The predicted octanol–water partition coefficient (Wildman–Crippen LogP) is 0.731. The van der Waals surface area contributed by atoms with E-state index in [0.29, 0.717) is 31.6 Å². The van der Waals surface area contributed by atoms with Gasteiger partial charge in [-0.15, -0.1) is 0 Å². The van der Waals surface area contributed by atoms with Crippen molar-refractivity contribution in [3.63, 3.8) is 0 Å². The Morgan fingerprint density at radius 3 is 3.05 bits per heavy atom. The Hall–Kier alpha value is -1.95. The number of fused-ring (bicyclic) bond motifs is 1. The molecule has 0 aliphatic carbocycles. The zero-order chi connectivity index (χ0) is 13.7. The van der Waals surface area contributed by atoms with Gasteiger partial charge in [0, 0.05) is 32.1 Å². The lowest BCUT2D eigenvalue weighted by molar-refractivity contribution is -0.131. The Kier molecular flexibility index (Phi) is 4.46. The molecule has 0 aliphatic heterocycles. The van der Waals surface area contributed by atoms with Crippen LogP contribution in [-0.4, -0.2) is 50.6 Å². The van der Waals surface area contributed by atoms with Crippen molar-refractivity contribution in [2.45, 2.75) is 19.8 Å². The summed E-state index contributed by atoms with van der Waals surface area (Å²) in [5.41, 5.74) is 1.56. The van der Waals surface area contributed by atoms with Crippen LogP contribution in [0.3, 0.4) is 0 Å². The van der Waals surface area contributed by atoms with E-state index in [1.54, 1.807) is 11.1 Å². The van der Waals surface area contributed by atoms with Crippen LogP contribution in [0.5, 0.6) is 0 Å². The van der Waals surface area contributed by atoms with Gasteiger partial charge < -0.3 is 15.0 Å². The minimum Gasteiger partial charge on any atom is -0.395 e. The normalized spacial score (nSPS) is 10.8. The summed E-state index contributed by atoms with van der Waals surface area (Å²) >= 11 is 0. The molecule has 0 spiro atoms. The quantitative estimate of drug-likeness (QED) is 0.804. The molecule has 0 saturated carbocycles. The first-order chi connectivity index (χ1) is 9.24. The summed E-state index contributed by atoms with van der Waals surface area (Å²) in [4.78, 5) is 25.2. The fraction of sp³-hybridized carbons (Fsp3) is 0.462. The number of amides is 1. The maximum absolute atomic E-state index is 11.9. The van der Waals surface area contributed by atoms with Gasteiger partial charge in [-0.25, -0.2) is 9.97 Å². The standard InChI is InChI=1S/C13H18N4O2/c1-2-17(8-9-18)12(19)6-5-11-15-10-4-3-7-14-13(10)16-11/h3-4,7,18H,2,5-6,8-9H2,1H3,(H,14,15,16). The van der Waals surface area contributed by atoms with Crippen molar-refractivity contribution in [1.82, 2.24) is 19.9 Å². The molecule has 0 atom stereocenters. The lowest BCUT2D eigenvalue weighted by Crippen LogP contribution is -2.33. The van der Waals surface area contributed by atoms with Crippen LogP contribution >= 0.6 is 0 Å². The summed E-state index contributed by atoms with van der Waals surface area (Å²) in [6.45, 7) is 2.89. The van der Waals surface area contributed by atoms with Crippen LogP contribution < -0.4 is 0 Å². The minimum absolute atomic E-state index is 0.00582. The molecule has 2 heterocycles. The minimum atomic E-state index is -0.00582. The van der Waals surface area contributed by atoms with Crippen LogP contribution in [-0.2, 0) is 11.2 Å². The fourth-order valence-corrected chi connectivity index (χ4v) is 1.98. The van der Waals surface area contributed by atoms with Gasteiger partial charge >= 0.3 is 0 Å². The van der Waals surface area contributed by atoms with Crippen molar-refractivity contribution in [2.24, 2.45) is 0 Å². The number of rotatable bonds is 6. The Morgan fingerprint density at radius 1 is 1.53 bits per heavy atom. The summed E-state index contributed by atoms with van der Waals surface area (Å²) in [5.74, 6) is 0.798. The number of aliphatic hydroxyl groups is 1. The molecule has 0 radical (unpaired) electrons. The largest absolute Gasteiger partial charge is 0.395 e. The van der Waals surface area contributed by atoms with E-state index < -0.39 is 0 Å². The van der Waals surface area contributed by atoms with Gasteiger partial charge in [-0.05, 0) is 19.1 Å². The van der Waals surface area contributed by atoms with Gasteiger partial charge in [-0.1, -0.05) is 0 Å². The van der Waals surface area contributed by atoms with Crippen LogP contribution in [0.2, 0.25) is 0 Å². The maximum atomic E-state index is 11.9. The van der Waals surface area contributed by atoms with Crippen molar-refractivity contribution >= 4 is 17.1 Å². The van der Waals surface area contributed by atoms with Crippen molar-refractivity contribution in [2.75, 3.05) is 19.7 Å². The molecule has 6 nitrogen and oxygen atoms in total. The van der Waals surface area contributed by atoms with Crippen LogP contribution in [0.1, 0.15) is 19.2 Å². The fourth-order valence-electron chi connectivity index (χ4n) is 1.98. The third-order valence-electron chi connectivity index (χ3n) is 2.99. The topological polar surface area (TPSA) is 82.1 Å². The zero-order valence-corrected chi connectivity index (χ0v) is 11.0. The summed E-state index contributed by atoms with van der Waals surface area (Å²) < 4.78 is 0.